The average Bonchev–Trinajstić information content (AvgIpc) is 3.05. The SMILES string of the molecule is CCn1ccc(C(=O)N=c2sc3ccccc3n2C)n1. The van der Waals surface area contributed by atoms with Gasteiger partial charge in [0, 0.05) is 19.8 Å². The van der Waals surface area contributed by atoms with Crippen LogP contribution in [0.5, 0.6) is 0 Å². The molecule has 3 rings (SSSR count). The number of rotatable bonds is 2. The summed E-state index contributed by atoms with van der Waals surface area (Å²) in [6, 6.07) is 9.69. The number of benzene rings is 1. The number of fused-ring (bicyclic) bond motifs is 1. The Balaban J connectivity index is 2.05. The molecule has 5 nitrogen and oxygen atoms in total. The zero-order valence-electron chi connectivity index (χ0n) is 11.3. The van der Waals surface area contributed by atoms with E-state index in [-0.39, 0.29) is 5.91 Å². The molecule has 20 heavy (non-hydrogen) atoms. The van der Waals surface area contributed by atoms with Crippen molar-refractivity contribution in [1.29, 1.82) is 0 Å². The highest BCUT2D eigenvalue weighted by Crippen LogP contribution is 2.15. The summed E-state index contributed by atoms with van der Waals surface area (Å²) in [5.74, 6) is -0.306. The first-order valence-corrected chi connectivity index (χ1v) is 7.18. The molecular weight excluding hydrogens is 272 g/mol. The van der Waals surface area contributed by atoms with Crippen molar-refractivity contribution >= 4 is 27.5 Å². The van der Waals surface area contributed by atoms with Crippen LogP contribution in [-0.2, 0) is 13.6 Å². The molecule has 3 aromatic rings. The minimum absolute atomic E-state index is 0.306. The smallest absolute Gasteiger partial charge is 0.300 e. The monoisotopic (exact) mass is 286 g/mol. The second-order valence-corrected chi connectivity index (χ2v) is 5.39. The lowest BCUT2D eigenvalue weighted by atomic mass is 10.3. The van der Waals surface area contributed by atoms with Crippen molar-refractivity contribution < 1.29 is 4.79 Å². The average molecular weight is 286 g/mol. The quantitative estimate of drug-likeness (QED) is 0.725. The lowest BCUT2D eigenvalue weighted by Crippen LogP contribution is -2.13. The van der Waals surface area contributed by atoms with Crippen molar-refractivity contribution in [1.82, 2.24) is 14.3 Å². The highest BCUT2D eigenvalue weighted by molar-refractivity contribution is 7.16. The number of amides is 1. The van der Waals surface area contributed by atoms with Crippen molar-refractivity contribution in [3.63, 3.8) is 0 Å². The first-order chi connectivity index (χ1) is 9.69. The van der Waals surface area contributed by atoms with Crippen molar-refractivity contribution in [2.45, 2.75) is 13.5 Å². The van der Waals surface area contributed by atoms with E-state index in [1.54, 1.807) is 16.9 Å². The van der Waals surface area contributed by atoms with Gasteiger partial charge in [0.25, 0.3) is 5.91 Å². The van der Waals surface area contributed by atoms with Crippen LogP contribution >= 0.6 is 11.3 Å². The van der Waals surface area contributed by atoms with Crippen LogP contribution in [0.4, 0.5) is 0 Å². The normalized spacial score (nSPS) is 12.2. The molecular formula is C14H14N4OS. The molecule has 2 aromatic heterocycles. The zero-order chi connectivity index (χ0) is 14.1. The Hall–Kier alpha value is -2.21. The summed E-state index contributed by atoms with van der Waals surface area (Å²) >= 11 is 1.50. The van der Waals surface area contributed by atoms with Gasteiger partial charge >= 0.3 is 0 Å². The molecule has 0 bridgehead atoms. The lowest BCUT2D eigenvalue weighted by molar-refractivity contribution is 0.0992. The molecule has 0 aliphatic heterocycles. The Morgan fingerprint density at radius 3 is 2.85 bits per heavy atom. The maximum atomic E-state index is 12.1. The highest BCUT2D eigenvalue weighted by Gasteiger charge is 2.09. The molecule has 0 aliphatic carbocycles. The van der Waals surface area contributed by atoms with Gasteiger partial charge < -0.3 is 4.57 Å². The number of para-hydroxylation sites is 1. The van der Waals surface area contributed by atoms with E-state index in [4.69, 9.17) is 0 Å². The summed E-state index contributed by atoms with van der Waals surface area (Å²) in [5.41, 5.74) is 1.45. The Morgan fingerprint density at radius 2 is 2.15 bits per heavy atom. The van der Waals surface area contributed by atoms with Crippen LogP contribution in [0.1, 0.15) is 17.4 Å². The molecule has 1 aromatic carbocycles. The van der Waals surface area contributed by atoms with E-state index in [1.807, 2.05) is 42.8 Å². The maximum Gasteiger partial charge on any atom is 0.300 e. The topological polar surface area (TPSA) is 52.2 Å². The fourth-order valence-electron chi connectivity index (χ4n) is 1.98. The van der Waals surface area contributed by atoms with Gasteiger partial charge in [0.15, 0.2) is 10.5 Å². The summed E-state index contributed by atoms with van der Waals surface area (Å²) in [7, 11) is 1.91. The van der Waals surface area contributed by atoms with Crippen LogP contribution in [0.25, 0.3) is 10.2 Å². The third-order valence-electron chi connectivity index (χ3n) is 3.10. The van der Waals surface area contributed by atoms with Crippen LogP contribution in [-0.4, -0.2) is 20.3 Å². The van der Waals surface area contributed by atoms with Gasteiger partial charge in [-0.2, -0.15) is 10.1 Å². The molecule has 0 aliphatic rings. The first-order valence-electron chi connectivity index (χ1n) is 6.36. The van der Waals surface area contributed by atoms with E-state index in [9.17, 15) is 4.79 Å². The van der Waals surface area contributed by atoms with Gasteiger partial charge in [0.2, 0.25) is 0 Å². The predicted molar refractivity (Wildman–Crippen MR) is 78.6 cm³/mol. The standard InChI is InChI=1S/C14H14N4OS/c1-3-18-9-8-10(16-18)13(19)15-14-17(2)11-6-4-5-7-12(11)20-14/h4-9H,3H2,1-2H3. The molecule has 0 saturated heterocycles. The van der Waals surface area contributed by atoms with Crippen molar-refractivity contribution in [2.75, 3.05) is 0 Å². The fourth-order valence-corrected chi connectivity index (χ4v) is 3.00. The molecule has 0 spiro atoms. The van der Waals surface area contributed by atoms with E-state index in [1.165, 1.54) is 11.3 Å². The van der Waals surface area contributed by atoms with Gasteiger partial charge in [0.05, 0.1) is 10.2 Å². The number of aromatic nitrogens is 3. The summed E-state index contributed by atoms with van der Waals surface area (Å²) in [5, 5.41) is 4.18. The number of carbonyl (C=O) groups is 1. The largest absolute Gasteiger partial charge is 0.319 e. The molecule has 0 N–H and O–H groups in total. The second-order valence-electron chi connectivity index (χ2n) is 4.39. The molecule has 0 atom stereocenters. The Kier molecular flexibility index (Phi) is 3.23. The van der Waals surface area contributed by atoms with Crippen LogP contribution in [0.15, 0.2) is 41.5 Å². The summed E-state index contributed by atoms with van der Waals surface area (Å²) in [6.07, 6.45) is 1.79. The van der Waals surface area contributed by atoms with Gasteiger partial charge in [-0.3, -0.25) is 9.48 Å². The van der Waals surface area contributed by atoms with Gasteiger partial charge in [0.1, 0.15) is 0 Å². The molecule has 0 radical (unpaired) electrons. The van der Waals surface area contributed by atoms with Gasteiger partial charge in [-0.05, 0) is 25.1 Å². The number of thiazole rings is 1. The first kappa shape index (κ1) is 12.8. The maximum absolute atomic E-state index is 12.1. The number of aryl methyl sites for hydroxylation is 2. The Morgan fingerprint density at radius 1 is 1.35 bits per heavy atom. The van der Waals surface area contributed by atoms with E-state index in [2.05, 4.69) is 10.1 Å². The van der Waals surface area contributed by atoms with Crippen LogP contribution < -0.4 is 4.80 Å². The molecule has 6 heteroatoms. The molecule has 0 unspecified atom stereocenters. The van der Waals surface area contributed by atoms with Gasteiger partial charge in [-0.25, -0.2) is 0 Å². The number of carbonyl (C=O) groups excluding carboxylic acids is 1. The fraction of sp³-hybridized carbons (Fsp3) is 0.214. The third kappa shape index (κ3) is 2.18. The summed E-state index contributed by atoms with van der Waals surface area (Å²) in [6.45, 7) is 2.72. The minimum Gasteiger partial charge on any atom is -0.319 e. The molecule has 1 amide bonds. The van der Waals surface area contributed by atoms with E-state index in [0.717, 1.165) is 16.8 Å². The molecule has 0 fully saturated rings. The Labute approximate surface area is 119 Å². The number of nitrogens with zero attached hydrogens (tertiary/aromatic N) is 4. The summed E-state index contributed by atoms with van der Waals surface area (Å²) in [4.78, 5) is 17.0. The molecule has 102 valence electrons. The van der Waals surface area contributed by atoms with E-state index >= 15 is 0 Å². The zero-order valence-corrected chi connectivity index (χ0v) is 12.1. The number of hydrogen-bond donors (Lipinski definition) is 0. The summed E-state index contributed by atoms with van der Waals surface area (Å²) < 4.78 is 4.75. The van der Waals surface area contributed by atoms with Gasteiger partial charge in [-0.15, -0.1) is 0 Å². The van der Waals surface area contributed by atoms with E-state index in [0.29, 0.717) is 10.5 Å². The second kappa shape index (κ2) is 5.05. The van der Waals surface area contributed by atoms with Crippen LogP contribution in [0.3, 0.4) is 0 Å². The van der Waals surface area contributed by atoms with Crippen molar-refractivity contribution in [2.24, 2.45) is 12.0 Å². The third-order valence-corrected chi connectivity index (χ3v) is 4.21. The molecule has 0 saturated carbocycles. The van der Waals surface area contributed by atoms with Crippen LogP contribution in [0.2, 0.25) is 0 Å². The Bertz CT molecular complexity index is 840. The lowest BCUT2D eigenvalue weighted by Gasteiger charge is -1.94. The molecule has 2 heterocycles. The highest BCUT2D eigenvalue weighted by atomic mass is 32.1. The van der Waals surface area contributed by atoms with Crippen molar-refractivity contribution in [3.8, 4) is 0 Å². The minimum atomic E-state index is -0.306. The van der Waals surface area contributed by atoms with E-state index < -0.39 is 0 Å². The van der Waals surface area contributed by atoms with Gasteiger partial charge in [-0.1, -0.05) is 23.5 Å². The van der Waals surface area contributed by atoms with Crippen LogP contribution in [0, 0.1) is 0 Å². The predicted octanol–water partition coefficient (Wildman–Crippen LogP) is 2.20. The number of hydrogen-bond acceptors (Lipinski definition) is 3. The van der Waals surface area contributed by atoms with Crippen molar-refractivity contribution in [3.05, 3.63) is 47.0 Å².